The van der Waals surface area contributed by atoms with Crippen LogP contribution in [0.2, 0.25) is 0 Å². The molecule has 0 aliphatic carbocycles. The van der Waals surface area contributed by atoms with Gasteiger partial charge < -0.3 is 15.0 Å². The van der Waals surface area contributed by atoms with E-state index in [-0.39, 0.29) is 22.6 Å². The van der Waals surface area contributed by atoms with E-state index in [9.17, 15) is 13.9 Å². The molecule has 1 fully saturated rings. The van der Waals surface area contributed by atoms with Crippen molar-refractivity contribution in [3.8, 4) is 5.88 Å². The first-order chi connectivity index (χ1) is 14.5. The summed E-state index contributed by atoms with van der Waals surface area (Å²) in [6.45, 7) is 7.92. The summed E-state index contributed by atoms with van der Waals surface area (Å²) in [5, 5.41) is 10.4. The van der Waals surface area contributed by atoms with Gasteiger partial charge in [-0.2, -0.15) is 0 Å². The monoisotopic (exact) mass is 412 g/mol. The fourth-order valence-electron chi connectivity index (χ4n) is 4.31. The molecule has 5 nitrogen and oxygen atoms in total. The lowest BCUT2D eigenvalue weighted by Gasteiger charge is -2.26. The molecule has 0 bridgehead atoms. The second-order valence-corrected chi connectivity index (χ2v) is 7.55. The molecule has 0 saturated carbocycles. The largest absolute Gasteiger partial charge is 0.494 e. The van der Waals surface area contributed by atoms with Gasteiger partial charge in [0.1, 0.15) is 11.6 Å². The lowest BCUT2D eigenvalue weighted by atomic mass is 10.1. The number of hydrogen-bond donors (Lipinski definition) is 2. The first-order valence-corrected chi connectivity index (χ1v) is 10.3. The zero-order valence-electron chi connectivity index (χ0n) is 17.2. The van der Waals surface area contributed by atoms with Gasteiger partial charge in [0.15, 0.2) is 5.88 Å². The van der Waals surface area contributed by atoms with Crippen LogP contribution in [0.3, 0.4) is 0 Å². The summed E-state index contributed by atoms with van der Waals surface area (Å²) in [4.78, 5) is 11.5. The molecule has 1 saturated heterocycles. The third kappa shape index (κ3) is 3.77. The Morgan fingerprint density at radius 1 is 1.20 bits per heavy atom. The van der Waals surface area contributed by atoms with E-state index in [4.69, 9.17) is 0 Å². The summed E-state index contributed by atoms with van der Waals surface area (Å²) in [6.07, 6.45) is 2.38. The number of hydrogen-bond acceptors (Lipinski definition) is 4. The number of H-pyrrole nitrogens is 1. The van der Waals surface area contributed by atoms with Crippen molar-refractivity contribution >= 4 is 28.5 Å². The molecule has 0 spiro atoms. The van der Waals surface area contributed by atoms with Gasteiger partial charge in [0, 0.05) is 36.8 Å². The second-order valence-electron chi connectivity index (χ2n) is 7.55. The van der Waals surface area contributed by atoms with Gasteiger partial charge in [0.05, 0.1) is 22.5 Å². The van der Waals surface area contributed by atoms with E-state index in [2.05, 4.69) is 33.6 Å². The molecule has 3 aromatic rings. The number of aromatic nitrogens is 1. The van der Waals surface area contributed by atoms with Crippen molar-refractivity contribution in [3.05, 3.63) is 53.6 Å². The maximum Gasteiger partial charge on any atom is 0.198 e. The molecule has 1 aliphatic rings. The minimum Gasteiger partial charge on any atom is -0.494 e. The minimum atomic E-state index is -0.455. The average Bonchev–Trinajstić information content (AvgIpc) is 3.32. The predicted octanol–water partition coefficient (Wildman–Crippen LogP) is 4.82. The summed E-state index contributed by atoms with van der Waals surface area (Å²) < 4.78 is 29.0. The van der Waals surface area contributed by atoms with Gasteiger partial charge in [-0.1, -0.05) is 19.9 Å². The molecule has 7 heteroatoms. The average molecular weight is 412 g/mol. The fourth-order valence-corrected chi connectivity index (χ4v) is 4.31. The van der Waals surface area contributed by atoms with Gasteiger partial charge in [-0.05, 0) is 43.8 Å². The second kappa shape index (κ2) is 8.44. The third-order valence-electron chi connectivity index (χ3n) is 5.90. The van der Waals surface area contributed by atoms with Crippen LogP contribution in [0.5, 0.6) is 5.88 Å². The number of aromatic hydroxyl groups is 1. The topological polar surface area (TPSA) is 54.9 Å². The Hall–Kier alpha value is -2.93. The van der Waals surface area contributed by atoms with Crippen LogP contribution in [-0.4, -0.2) is 53.4 Å². The smallest absolute Gasteiger partial charge is 0.198 e. The number of anilines is 1. The number of aromatic amines is 1. The van der Waals surface area contributed by atoms with Crippen LogP contribution in [-0.2, 0) is 0 Å². The first kappa shape index (κ1) is 20.3. The van der Waals surface area contributed by atoms with Crippen LogP contribution in [0.4, 0.5) is 20.2 Å². The van der Waals surface area contributed by atoms with Crippen LogP contribution in [0.15, 0.2) is 41.4 Å². The van der Waals surface area contributed by atoms with E-state index in [1.807, 2.05) is 0 Å². The molecule has 0 amide bonds. The predicted molar refractivity (Wildman–Crippen MR) is 117 cm³/mol. The van der Waals surface area contributed by atoms with Gasteiger partial charge in [0.25, 0.3) is 0 Å². The summed E-state index contributed by atoms with van der Waals surface area (Å²) in [5.41, 5.74) is 1.70. The van der Waals surface area contributed by atoms with Crippen LogP contribution in [0, 0.1) is 11.6 Å². The minimum absolute atomic E-state index is 0.171. The van der Waals surface area contributed by atoms with Crippen molar-refractivity contribution in [2.75, 3.05) is 31.1 Å². The Bertz CT molecular complexity index is 1070. The molecule has 2 heterocycles. The van der Waals surface area contributed by atoms with Crippen molar-refractivity contribution in [1.82, 2.24) is 9.88 Å². The molecule has 158 valence electrons. The first-order valence-electron chi connectivity index (χ1n) is 10.3. The molecule has 0 radical (unpaired) electrons. The number of likely N-dealkylation sites (N-methyl/N-ethyl adjacent to an activating group) is 1. The highest BCUT2D eigenvalue weighted by Crippen LogP contribution is 2.31. The zero-order chi connectivity index (χ0) is 21.3. The lowest BCUT2D eigenvalue weighted by Crippen LogP contribution is -2.37. The van der Waals surface area contributed by atoms with E-state index in [0.29, 0.717) is 22.9 Å². The van der Waals surface area contributed by atoms with Gasteiger partial charge in [-0.3, -0.25) is 9.89 Å². The van der Waals surface area contributed by atoms with Crippen LogP contribution in [0.1, 0.15) is 25.8 Å². The molecule has 1 unspecified atom stereocenters. The molecule has 1 aliphatic heterocycles. The van der Waals surface area contributed by atoms with Crippen molar-refractivity contribution in [2.45, 2.75) is 26.3 Å². The Morgan fingerprint density at radius 2 is 2.00 bits per heavy atom. The number of rotatable bonds is 6. The van der Waals surface area contributed by atoms with Crippen LogP contribution in [0.25, 0.3) is 10.9 Å². The van der Waals surface area contributed by atoms with Crippen molar-refractivity contribution in [1.29, 1.82) is 0 Å². The number of aliphatic imine (C=N–C) groups is 1. The van der Waals surface area contributed by atoms with Gasteiger partial charge in [-0.25, -0.2) is 8.78 Å². The zero-order valence-corrected chi connectivity index (χ0v) is 17.2. The number of benzene rings is 2. The Labute approximate surface area is 174 Å². The molecule has 4 rings (SSSR count). The van der Waals surface area contributed by atoms with Gasteiger partial charge in [0.2, 0.25) is 0 Å². The van der Waals surface area contributed by atoms with E-state index in [1.54, 1.807) is 24.3 Å². The normalized spacial score (nSPS) is 17.1. The maximum absolute atomic E-state index is 14.8. The number of fused-ring (bicyclic) bond motifs is 1. The quantitative estimate of drug-likeness (QED) is 0.571. The SMILES string of the molecule is CCN(CC)C1CCN(c2ccc(N=Cc3c(O)[nH]c4cccc(F)c34)cc2F)C1. The molecular formula is C23H26F2N4O. The number of nitrogens with one attached hydrogen (secondary N) is 1. The molecule has 2 N–H and O–H groups in total. The van der Waals surface area contributed by atoms with Crippen LogP contribution >= 0.6 is 0 Å². The Balaban J connectivity index is 1.54. The van der Waals surface area contributed by atoms with E-state index >= 15 is 0 Å². The third-order valence-corrected chi connectivity index (χ3v) is 5.90. The highest BCUT2D eigenvalue weighted by molar-refractivity contribution is 6.02. The Kier molecular flexibility index (Phi) is 5.72. The van der Waals surface area contributed by atoms with Crippen molar-refractivity contribution in [3.63, 3.8) is 0 Å². The molecule has 30 heavy (non-hydrogen) atoms. The fraction of sp³-hybridized carbons (Fsp3) is 0.348. The standard InChI is InChI=1S/C23H26F2N4O/c1-3-28(4-2)16-10-11-29(14-16)21-9-8-15(12-19(21)25)26-13-17-22-18(24)6-5-7-20(22)27-23(17)30/h5-9,12-13,16,27,30H,3-4,10-11,14H2,1-2H3. The molecule has 2 aromatic carbocycles. The van der Waals surface area contributed by atoms with Gasteiger partial charge >= 0.3 is 0 Å². The summed E-state index contributed by atoms with van der Waals surface area (Å²) in [5.74, 6) is -0.960. The molecule has 1 aromatic heterocycles. The van der Waals surface area contributed by atoms with Crippen molar-refractivity contribution in [2.24, 2.45) is 4.99 Å². The number of halogens is 2. The van der Waals surface area contributed by atoms with Crippen LogP contribution < -0.4 is 4.90 Å². The highest BCUT2D eigenvalue weighted by atomic mass is 19.1. The van der Waals surface area contributed by atoms with E-state index < -0.39 is 5.82 Å². The van der Waals surface area contributed by atoms with E-state index in [0.717, 1.165) is 32.6 Å². The lowest BCUT2D eigenvalue weighted by molar-refractivity contribution is 0.232. The summed E-state index contributed by atoms with van der Waals surface area (Å²) in [6, 6.07) is 9.85. The van der Waals surface area contributed by atoms with E-state index in [1.165, 1.54) is 18.3 Å². The summed E-state index contributed by atoms with van der Waals surface area (Å²) in [7, 11) is 0. The summed E-state index contributed by atoms with van der Waals surface area (Å²) >= 11 is 0. The molecular weight excluding hydrogens is 386 g/mol. The molecule has 1 atom stereocenters. The van der Waals surface area contributed by atoms with Crippen molar-refractivity contribution < 1.29 is 13.9 Å². The number of nitrogens with zero attached hydrogens (tertiary/aromatic N) is 3. The maximum atomic E-state index is 14.8. The Morgan fingerprint density at radius 3 is 2.73 bits per heavy atom. The highest BCUT2D eigenvalue weighted by Gasteiger charge is 2.27. The van der Waals surface area contributed by atoms with Gasteiger partial charge in [-0.15, -0.1) is 0 Å².